The first-order valence-electron chi connectivity index (χ1n) is 5.96. The second-order valence-electron chi connectivity index (χ2n) is 4.17. The molecule has 0 saturated heterocycles. The third-order valence-electron chi connectivity index (χ3n) is 2.83. The van der Waals surface area contributed by atoms with Gasteiger partial charge < -0.3 is 15.2 Å². The van der Waals surface area contributed by atoms with E-state index in [0.717, 1.165) is 9.37 Å². The van der Waals surface area contributed by atoms with E-state index in [0.29, 0.717) is 15.9 Å². The number of nitrogens with one attached hydrogen (secondary N) is 1. The number of carbonyl (C=O) groups excluding carboxylic acids is 2. The molecule has 0 saturated carbocycles. The molecule has 0 fully saturated rings. The van der Waals surface area contributed by atoms with Crippen molar-refractivity contribution in [2.75, 3.05) is 25.6 Å². The maximum atomic E-state index is 12.1. The lowest BCUT2D eigenvalue weighted by atomic mass is 10.2. The van der Waals surface area contributed by atoms with Crippen LogP contribution in [0.5, 0.6) is 5.75 Å². The molecule has 1 aromatic rings. The summed E-state index contributed by atoms with van der Waals surface area (Å²) in [6, 6.07) is 3.53. The Hall–Kier alpha value is -1.38. The Morgan fingerprint density at radius 2 is 2.05 bits per heavy atom. The average molecular weight is 420 g/mol. The van der Waals surface area contributed by atoms with E-state index < -0.39 is 11.8 Å². The number of imide groups is 1. The molecule has 1 aliphatic rings. The topological polar surface area (TPSA) is 78.9 Å². The van der Waals surface area contributed by atoms with E-state index in [1.807, 2.05) is 0 Å². The second-order valence-corrected chi connectivity index (χ2v) is 5.94. The first-order chi connectivity index (χ1) is 9.97. The van der Waals surface area contributed by atoms with Crippen molar-refractivity contribution in [3.05, 3.63) is 32.9 Å². The molecule has 1 aromatic carbocycles. The predicted molar refractivity (Wildman–Crippen MR) is 83.9 cm³/mol. The van der Waals surface area contributed by atoms with E-state index in [4.69, 9.17) is 9.84 Å². The van der Waals surface area contributed by atoms with Gasteiger partial charge in [-0.3, -0.25) is 14.5 Å². The minimum atomic E-state index is -0.481. The van der Waals surface area contributed by atoms with Crippen molar-refractivity contribution in [1.29, 1.82) is 0 Å². The number of aliphatic hydroxyl groups is 1. The molecule has 0 aromatic heterocycles. The van der Waals surface area contributed by atoms with Crippen LogP contribution in [0.3, 0.4) is 0 Å². The molecule has 1 heterocycles. The Labute approximate surface area is 138 Å². The number of ether oxygens (including phenoxy) is 1. The normalized spacial score (nSPS) is 14.5. The van der Waals surface area contributed by atoms with E-state index in [1.165, 1.54) is 13.2 Å². The van der Waals surface area contributed by atoms with Crippen LogP contribution < -0.4 is 10.1 Å². The van der Waals surface area contributed by atoms with Crippen molar-refractivity contribution in [2.45, 2.75) is 0 Å². The number of carbonyl (C=O) groups is 2. The van der Waals surface area contributed by atoms with Crippen LogP contribution >= 0.6 is 31.9 Å². The highest BCUT2D eigenvalue weighted by Crippen LogP contribution is 2.37. The molecule has 0 aliphatic carbocycles. The summed E-state index contributed by atoms with van der Waals surface area (Å²) < 4.78 is 6.74. The van der Waals surface area contributed by atoms with Gasteiger partial charge in [0.05, 0.1) is 25.9 Å². The number of halogens is 2. The number of anilines is 1. The molecule has 0 atom stereocenters. The molecule has 0 unspecified atom stereocenters. The van der Waals surface area contributed by atoms with E-state index in [-0.39, 0.29) is 18.8 Å². The molecular formula is C13H12Br2N2O4. The molecule has 6 nitrogen and oxygen atoms in total. The van der Waals surface area contributed by atoms with Crippen LogP contribution in [-0.4, -0.2) is 42.1 Å². The van der Waals surface area contributed by atoms with Crippen molar-refractivity contribution in [2.24, 2.45) is 0 Å². The van der Waals surface area contributed by atoms with Crippen molar-refractivity contribution < 1.29 is 19.4 Å². The average Bonchev–Trinajstić information content (AvgIpc) is 2.69. The highest BCUT2D eigenvalue weighted by Gasteiger charge is 2.31. The van der Waals surface area contributed by atoms with E-state index >= 15 is 0 Å². The van der Waals surface area contributed by atoms with Crippen LogP contribution in [0.25, 0.3) is 0 Å². The molecule has 0 spiro atoms. The summed E-state index contributed by atoms with van der Waals surface area (Å²) in [4.78, 5) is 24.8. The Balaban J connectivity index is 2.29. The van der Waals surface area contributed by atoms with Gasteiger partial charge in [-0.25, -0.2) is 0 Å². The summed E-state index contributed by atoms with van der Waals surface area (Å²) in [7, 11) is 1.51. The highest BCUT2D eigenvalue weighted by molar-refractivity contribution is 9.11. The Kier molecular flexibility index (Phi) is 5.02. The lowest BCUT2D eigenvalue weighted by Gasteiger charge is -2.16. The summed E-state index contributed by atoms with van der Waals surface area (Å²) in [6.45, 7) is -0.304. The van der Waals surface area contributed by atoms with E-state index in [2.05, 4.69) is 37.2 Å². The monoisotopic (exact) mass is 418 g/mol. The van der Waals surface area contributed by atoms with Gasteiger partial charge >= 0.3 is 0 Å². The zero-order valence-electron chi connectivity index (χ0n) is 11.0. The number of methoxy groups -OCH3 is 1. The van der Waals surface area contributed by atoms with Gasteiger partial charge in [-0.15, -0.1) is 0 Å². The molecule has 0 radical (unpaired) electrons. The summed E-state index contributed by atoms with van der Waals surface area (Å²) in [5, 5.41) is 11.8. The number of hydrogen-bond donors (Lipinski definition) is 2. The third kappa shape index (κ3) is 3.28. The fourth-order valence-electron chi connectivity index (χ4n) is 1.88. The van der Waals surface area contributed by atoms with Gasteiger partial charge in [-0.05, 0) is 28.1 Å². The highest BCUT2D eigenvalue weighted by atomic mass is 79.9. The second kappa shape index (κ2) is 6.59. The van der Waals surface area contributed by atoms with Crippen LogP contribution in [0.15, 0.2) is 32.9 Å². The third-order valence-corrected chi connectivity index (χ3v) is 3.91. The van der Waals surface area contributed by atoms with Crippen molar-refractivity contribution in [3.8, 4) is 5.75 Å². The summed E-state index contributed by atoms with van der Waals surface area (Å²) in [5.41, 5.74) is 0.675. The first kappa shape index (κ1) is 16.0. The van der Waals surface area contributed by atoms with Gasteiger partial charge in [-0.2, -0.15) is 0 Å². The number of aliphatic hydroxyl groups excluding tert-OH is 1. The maximum Gasteiger partial charge on any atom is 0.277 e. The molecule has 21 heavy (non-hydrogen) atoms. The number of hydrogen-bond acceptors (Lipinski definition) is 5. The van der Waals surface area contributed by atoms with Crippen molar-refractivity contribution >= 4 is 49.4 Å². The fraction of sp³-hybridized carbons (Fsp3) is 0.231. The fourth-order valence-corrected chi connectivity index (χ4v) is 3.16. The van der Waals surface area contributed by atoms with Gasteiger partial charge in [0.1, 0.15) is 11.4 Å². The van der Waals surface area contributed by atoms with Gasteiger partial charge in [-0.1, -0.05) is 15.9 Å². The Morgan fingerprint density at radius 1 is 1.33 bits per heavy atom. The first-order valence-corrected chi connectivity index (χ1v) is 7.55. The van der Waals surface area contributed by atoms with Crippen molar-refractivity contribution in [1.82, 2.24) is 4.90 Å². The van der Waals surface area contributed by atoms with E-state index in [1.54, 1.807) is 12.1 Å². The minimum absolute atomic E-state index is 0.0298. The molecule has 0 bridgehead atoms. The Morgan fingerprint density at radius 3 is 2.67 bits per heavy atom. The molecule has 2 rings (SSSR count). The number of β-amino-alcohol motifs (C(OH)–C–C–N with tert-alkyl or cyclic N) is 1. The predicted octanol–water partition coefficient (Wildman–Crippen LogP) is 1.88. The summed E-state index contributed by atoms with van der Waals surface area (Å²) in [5.74, 6) is -0.423. The molecule has 2 N–H and O–H groups in total. The largest absolute Gasteiger partial charge is 0.494 e. The van der Waals surface area contributed by atoms with E-state index in [9.17, 15) is 9.59 Å². The number of amides is 2. The lowest BCUT2D eigenvalue weighted by Crippen LogP contribution is -2.34. The lowest BCUT2D eigenvalue weighted by molar-refractivity contribution is -0.137. The Bertz CT molecular complexity index is 631. The summed E-state index contributed by atoms with van der Waals surface area (Å²) >= 11 is 6.72. The van der Waals surface area contributed by atoms with Crippen molar-refractivity contribution in [3.63, 3.8) is 0 Å². The van der Waals surface area contributed by atoms with Gasteiger partial charge in [0.25, 0.3) is 11.8 Å². The molecule has 8 heteroatoms. The zero-order valence-corrected chi connectivity index (χ0v) is 14.2. The molecule has 2 amide bonds. The number of rotatable bonds is 5. The van der Waals surface area contributed by atoms with Crippen LogP contribution in [0.2, 0.25) is 0 Å². The van der Waals surface area contributed by atoms with Crippen LogP contribution in [-0.2, 0) is 9.59 Å². The molecular weight excluding hydrogens is 408 g/mol. The maximum absolute atomic E-state index is 12.1. The smallest absolute Gasteiger partial charge is 0.277 e. The number of nitrogens with zero attached hydrogens (tertiary/aromatic N) is 1. The quantitative estimate of drug-likeness (QED) is 0.712. The van der Waals surface area contributed by atoms with Gasteiger partial charge in [0, 0.05) is 15.0 Å². The van der Waals surface area contributed by atoms with Crippen LogP contribution in [0.4, 0.5) is 5.69 Å². The molecule has 112 valence electrons. The standard InChI is InChI=1S/C13H12Br2N2O4/c1-21-10-5-7(14)4-8(15)12(10)16-9-6-11(19)17(2-3-18)13(9)20/h4-6,16,18H,2-3H2,1H3. The summed E-state index contributed by atoms with van der Waals surface area (Å²) in [6.07, 6.45) is 1.20. The number of benzene rings is 1. The van der Waals surface area contributed by atoms with Crippen LogP contribution in [0, 0.1) is 0 Å². The van der Waals surface area contributed by atoms with Gasteiger partial charge in [0.2, 0.25) is 0 Å². The minimum Gasteiger partial charge on any atom is -0.494 e. The van der Waals surface area contributed by atoms with Gasteiger partial charge in [0.15, 0.2) is 0 Å². The zero-order chi connectivity index (χ0) is 15.6. The van der Waals surface area contributed by atoms with Crippen LogP contribution in [0.1, 0.15) is 0 Å². The SMILES string of the molecule is COc1cc(Br)cc(Br)c1NC1=CC(=O)N(CCO)C1=O. The molecule has 1 aliphatic heterocycles.